The summed E-state index contributed by atoms with van der Waals surface area (Å²) in [7, 11) is 0. The van der Waals surface area contributed by atoms with E-state index in [0.717, 1.165) is 78.2 Å². The van der Waals surface area contributed by atoms with E-state index in [-0.39, 0.29) is 18.4 Å². The Morgan fingerprint density at radius 2 is 0.985 bits per heavy atom. The summed E-state index contributed by atoms with van der Waals surface area (Å²) in [5.41, 5.74) is 7.07. The van der Waals surface area contributed by atoms with Crippen molar-refractivity contribution < 1.29 is 42.5 Å². The molecule has 0 atom stereocenters. The van der Waals surface area contributed by atoms with Crippen molar-refractivity contribution in [2.45, 2.75) is 44.9 Å². The molecule has 0 saturated heterocycles. The van der Waals surface area contributed by atoms with Crippen molar-refractivity contribution in [1.82, 2.24) is 0 Å². The number of hydrogen-bond acceptors (Lipinski definition) is 8. The third-order valence-electron chi connectivity index (χ3n) is 10.0. The molecular formula is C56H55FO8. The van der Waals surface area contributed by atoms with Crippen LogP contribution in [-0.2, 0) is 25.5 Å². The number of halogens is 1. The van der Waals surface area contributed by atoms with Crippen molar-refractivity contribution in [3.05, 3.63) is 201 Å². The molecule has 0 bridgehead atoms. The van der Waals surface area contributed by atoms with Gasteiger partial charge in [0.15, 0.2) is 0 Å². The highest BCUT2D eigenvalue weighted by Gasteiger charge is 2.11. The minimum atomic E-state index is -0.451. The second kappa shape index (κ2) is 26.8. The quantitative estimate of drug-likeness (QED) is 0.0206. The van der Waals surface area contributed by atoms with E-state index in [1.54, 1.807) is 42.5 Å². The smallest absolute Gasteiger partial charge is 0.343 e. The Hall–Kier alpha value is -7.52. The standard InChI is InChI=1S/C31H33FO3.C25H22O5/c1-3-5-10-24-11-13-25(14-12-24)27-17-20-29(30(32)23-27)26-15-18-28(19-16-26)34-21-8-6-7-9-22-35-31(33)4-2;1-2-24(26)29-18-6-17-28-22-13-11-21(12-14-22)25(27)30-23-15-9-20(10-16-23)19-7-4-3-5-8-19/h3-4,11-20,23H,1-2,5-10,21-22H2;2-5,7-16H,1,6,17-18H2. The van der Waals surface area contributed by atoms with Crippen molar-refractivity contribution in [3.8, 4) is 50.6 Å². The van der Waals surface area contributed by atoms with Crippen LogP contribution in [0, 0.1) is 5.82 Å². The van der Waals surface area contributed by atoms with Crippen LogP contribution in [0.5, 0.6) is 17.2 Å². The summed E-state index contributed by atoms with van der Waals surface area (Å²) in [5.74, 6) is 0.353. The lowest BCUT2D eigenvalue weighted by atomic mass is 9.98. The minimum absolute atomic E-state index is 0.245. The molecule has 0 radical (unpaired) electrons. The number of rotatable bonds is 23. The predicted octanol–water partition coefficient (Wildman–Crippen LogP) is 13.0. The lowest BCUT2D eigenvalue weighted by Crippen LogP contribution is -2.09. The zero-order valence-electron chi connectivity index (χ0n) is 36.6. The zero-order chi connectivity index (χ0) is 46.1. The summed E-state index contributed by atoms with van der Waals surface area (Å²) >= 11 is 0. The first kappa shape index (κ1) is 48.5. The van der Waals surface area contributed by atoms with Crippen molar-refractivity contribution in [3.63, 3.8) is 0 Å². The van der Waals surface area contributed by atoms with Gasteiger partial charge in [0.2, 0.25) is 0 Å². The van der Waals surface area contributed by atoms with Gasteiger partial charge in [-0.25, -0.2) is 18.8 Å². The Labute approximate surface area is 381 Å². The molecule has 8 nitrogen and oxygen atoms in total. The number of hydrogen-bond donors (Lipinski definition) is 0. The summed E-state index contributed by atoms with van der Waals surface area (Å²) in [6.45, 7) is 12.1. The number of benzene rings is 6. The van der Waals surface area contributed by atoms with Gasteiger partial charge in [-0.1, -0.05) is 110 Å². The van der Waals surface area contributed by atoms with Gasteiger partial charge in [0.25, 0.3) is 0 Å². The second-order valence-electron chi connectivity index (χ2n) is 14.8. The zero-order valence-corrected chi connectivity index (χ0v) is 36.6. The molecule has 334 valence electrons. The molecule has 0 unspecified atom stereocenters. The molecule has 0 aliphatic heterocycles. The van der Waals surface area contributed by atoms with Gasteiger partial charge in [0, 0.05) is 24.1 Å². The van der Waals surface area contributed by atoms with Crippen LogP contribution < -0.4 is 14.2 Å². The highest BCUT2D eigenvalue weighted by Crippen LogP contribution is 2.30. The van der Waals surface area contributed by atoms with E-state index in [0.29, 0.717) is 48.9 Å². The largest absolute Gasteiger partial charge is 0.494 e. The molecule has 6 rings (SSSR count). The molecule has 0 heterocycles. The number of aryl methyl sites for hydroxylation is 1. The molecule has 0 aromatic heterocycles. The molecule has 65 heavy (non-hydrogen) atoms. The van der Waals surface area contributed by atoms with Crippen LogP contribution in [0.2, 0.25) is 0 Å². The first-order valence-electron chi connectivity index (χ1n) is 21.7. The molecule has 0 saturated carbocycles. The first-order valence-corrected chi connectivity index (χ1v) is 21.7. The van der Waals surface area contributed by atoms with E-state index in [1.165, 1.54) is 11.6 Å². The highest BCUT2D eigenvalue weighted by atomic mass is 19.1. The molecule has 9 heteroatoms. The van der Waals surface area contributed by atoms with E-state index in [4.69, 9.17) is 23.7 Å². The summed E-state index contributed by atoms with van der Waals surface area (Å²) in [4.78, 5) is 34.3. The van der Waals surface area contributed by atoms with E-state index < -0.39 is 11.9 Å². The predicted molar refractivity (Wildman–Crippen MR) is 255 cm³/mol. The van der Waals surface area contributed by atoms with Gasteiger partial charge in [-0.2, -0.15) is 0 Å². The minimum Gasteiger partial charge on any atom is -0.494 e. The van der Waals surface area contributed by atoms with Crippen molar-refractivity contribution in [1.29, 1.82) is 0 Å². The van der Waals surface area contributed by atoms with Gasteiger partial charge in [-0.05, 0) is 127 Å². The normalized spacial score (nSPS) is 10.4. The van der Waals surface area contributed by atoms with Gasteiger partial charge in [-0.15, -0.1) is 6.58 Å². The maximum Gasteiger partial charge on any atom is 0.343 e. The molecule has 0 aliphatic carbocycles. The van der Waals surface area contributed by atoms with Crippen LogP contribution in [0.15, 0.2) is 184 Å². The van der Waals surface area contributed by atoms with Crippen molar-refractivity contribution >= 4 is 17.9 Å². The summed E-state index contributed by atoms with van der Waals surface area (Å²) in [6.07, 6.45) is 10.4. The molecule has 6 aromatic carbocycles. The Balaban J connectivity index is 0.000000247. The average Bonchev–Trinajstić information content (AvgIpc) is 3.35. The van der Waals surface area contributed by atoms with Crippen LogP contribution in [0.25, 0.3) is 33.4 Å². The topological polar surface area (TPSA) is 97.4 Å². The van der Waals surface area contributed by atoms with Crippen LogP contribution in [0.4, 0.5) is 4.39 Å². The van der Waals surface area contributed by atoms with E-state index in [9.17, 15) is 18.8 Å². The molecule has 0 amide bonds. The molecule has 0 aliphatic rings. The number of carbonyl (C=O) groups is 3. The van der Waals surface area contributed by atoms with Crippen LogP contribution in [-0.4, -0.2) is 44.3 Å². The highest BCUT2D eigenvalue weighted by molar-refractivity contribution is 5.91. The van der Waals surface area contributed by atoms with Gasteiger partial charge >= 0.3 is 17.9 Å². The third kappa shape index (κ3) is 16.6. The van der Waals surface area contributed by atoms with Crippen LogP contribution >= 0.6 is 0 Å². The molecule has 6 aromatic rings. The van der Waals surface area contributed by atoms with Gasteiger partial charge in [0.1, 0.15) is 23.1 Å². The van der Waals surface area contributed by atoms with Gasteiger partial charge in [-0.3, -0.25) is 0 Å². The fourth-order valence-corrected chi connectivity index (χ4v) is 6.45. The maximum absolute atomic E-state index is 14.9. The summed E-state index contributed by atoms with van der Waals surface area (Å²) < 4.78 is 41.6. The average molecular weight is 875 g/mol. The SMILES string of the molecule is C=CC(=O)OCCCOc1ccc(C(=O)Oc2ccc(-c3ccccc3)cc2)cc1.C=CCCc1ccc(-c2ccc(-c3ccc(OCCCCCCOC(=O)C=C)cc3)c(F)c2)cc1. The first-order chi connectivity index (χ1) is 31.8. The molecule has 0 N–H and O–H groups in total. The fourth-order valence-electron chi connectivity index (χ4n) is 6.45. The number of esters is 3. The number of ether oxygens (including phenoxy) is 5. The lowest BCUT2D eigenvalue weighted by Gasteiger charge is -2.10. The Bertz CT molecular complexity index is 2430. The summed E-state index contributed by atoms with van der Waals surface area (Å²) in [5, 5.41) is 0. The Kier molecular flexibility index (Phi) is 20.0. The third-order valence-corrected chi connectivity index (χ3v) is 10.0. The van der Waals surface area contributed by atoms with Crippen LogP contribution in [0.3, 0.4) is 0 Å². The molecule has 0 fully saturated rings. The Morgan fingerprint density at radius 1 is 0.492 bits per heavy atom. The van der Waals surface area contributed by atoms with Gasteiger partial charge in [0.05, 0.1) is 32.0 Å². The summed E-state index contributed by atoms with van der Waals surface area (Å²) in [6, 6.07) is 45.2. The van der Waals surface area contributed by atoms with Crippen molar-refractivity contribution in [2.75, 3.05) is 26.4 Å². The van der Waals surface area contributed by atoms with Crippen LogP contribution in [0.1, 0.15) is 54.4 Å². The number of allylic oxidation sites excluding steroid dienone is 1. The number of carbonyl (C=O) groups excluding carboxylic acids is 3. The van der Waals surface area contributed by atoms with Gasteiger partial charge < -0.3 is 23.7 Å². The molecular weight excluding hydrogens is 820 g/mol. The monoisotopic (exact) mass is 874 g/mol. The van der Waals surface area contributed by atoms with E-state index in [1.807, 2.05) is 97.1 Å². The maximum atomic E-state index is 14.9. The molecule has 0 spiro atoms. The second-order valence-corrected chi connectivity index (χ2v) is 14.8. The van der Waals surface area contributed by atoms with E-state index >= 15 is 0 Å². The fraction of sp³-hybridized carbons (Fsp3) is 0.196. The lowest BCUT2D eigenvalue weighted by molar-refractivity contribution is -0.138. The van der Waals surface area contributed by atoms with E-state index in [2.05, 4.69) is 31.9 Å². The Morgan fingerprint density at radius 3 is 1.58 bits per heavy atom. The number of unbranched alkanes of at least 4 members (excludes halogenated alkanes) is 3. The van der Waals surface area contributed by atoms with Crippen molar-refractivity contribution in [2.24, 2.45) is 0 Å².